The van der Waals surface area contributed by atoms with E-state index in [1.807, 2.05) is 68.5 Å². The van der Waals surface area contributed by atoms with Gasteiger partial charge in [0.1, 0.15) is 0 Å². The SMILES string of the molecule is C=CCN1C(=O)[C@]2(O[C@H](CC(=O)N(CCO)Cc3ccccc3)[C@@H]([Si](C)(C)O)[C@@H]2C)c2cc(Br)ccc21. The van der Waals surface area contributed by atoms with Gasteiger partial charge in [-0.1, -0.05) is 59.3 Å². The minimum Gasteiger partial charge on any atom is -0.432 e. The molecule has 37 heavy (non-hydrogen) atoms. The number of hydrogen-bond donors (Lipinski definition) is 2. The van der Waals surface area contributed by atoms with Gasteiger partial charge in [0.25, 0.3) is 5.91 Å². The van der Waals surface area contributed by atoms with Gasteiger partial charge in [0.15, 0.2) is 13.9 Å². The third-order valence-corrected chi connectivity index (χ3v) is 10.6. The molecule has 2 aromatic rings. The van der Waals surface area contributed by atoms with Crippen LogP contribution in [-0.2, 0) is 26.5 Å². The summed E-state index contributed by atoms with van der Waals surface area (Å²) in [6.07, 6.45) is 1.05. The maximum atomic E-state index is 14.0. The van der Waals surface area contributed by atoms with E-state index in [4.69, 9.17) is 4.74 Å². The number of fused-ring (bicyclic) bond motifs is 2. The Morgan fingerprint density at radius 2 is 1.97 bits per heavy atom. The second-order valence-corrected chi connectivity index (χ2v) is 15.3. The standard InChI is InChI=1S/C28H35BrN2O5Si/c1-5-13-31-23-12-11-21(29)16-22(23)28(27(31)34)19(2)26(37(3,4)35)24(36-28)17-25(33)30(14-15-32)18-20-9-7-6-8-10-20/h5-12,16,19,24,26,32,35H,1,13-15,17-18H2,2-4H3/t19-,24+,26-,28+/m0/s1. The number of benzene rings is 2. The lowest BCUT2D eigenvalue weighted by atomic mass is 9.82. The van der Waals surface area contributed by atoms with Crippen molar-refractivity contribution in [3.05, 3.63) is 76.8 Å². The summed E-state index contributed by atoms with van der Waals surface area (Å²) in [5.74, 6) is -0.728. The Balaban J connectivity index is 1.70. The van der Waals surface area contributed by atoms with E-state index >= 15 is 0 Å². The number of hydrogen-bond acceptors (Lipinski definition) is 5. The van der Waals surface area contributed by atoms with E-state index in [-0.39, 0.29) is 42.8 Å². The Kier molecular flexibility index (Phi) is 8.11. The lowest BCUT2D eigenvalue weighted by Gasteiger charge is -2.32. The molecule has 0 bridgehead atoms. The van der Waals surface area contributed by atoms with Crippen LogP contribution in [0, 0.1) is 5.92 Å². The summed E-state index contributed by atoms with van der Waals surface area (Å²) < 4.78 is 7.52. The summed E-state index contributed by atoms with van der Waals surface area (Å²) in [4.78, 5) is 42.3. The van der Waals surface area contributed by atoms with Gasteiger partial charge in [0.05, 0.1) is 24.8 Å². The largest absolute Gasteiger partial charge is 0.432 e. The Hall–Kier alpha value is -2.30. The molecule has 0 unspecified atom stereocenters. The van der Waals surface area contributed by atoms with Gasteiger partial charge in [-0.2, -0.15) is 0 Å². The van der Waals surface area contributed by atoms with Gasteiger partial charge in [0, 0.05) is 41.1 Å². The quantitative estimate of drug-likeness (QED) is 0.339. The second kappa shape index (κ2) is 10.8. The molecule has 1 fully saturated rings. The first-order valence-electron chi connectivity index (χ1n) is 12.6. The van der Waals surface area contributed by atoms with Crippen molar-refractivity contribution < 1.29 is 24.2 Å². The number of carbonyl (C=O) groups is 2. The Labute approximate surface area is 228 Å². The van der Waals surface area contributed by atoms with Gasteiger partial charge >= 0.3 is 0 Å². The van der Waals surface area contributed by atoms with Gasteiger partial charge in [-0.15, -0.1) is 6.58 Å². The summed E-state index contributed by atoms with van der Waals surface area (Å²) in [7, 11) is -2.89. The van der Waals surface area contributed by atoms with Crippen molar-refractivity contribution in [2.75, 3.05) is 24.6 Å². The van der Waals surface area contributed by atoms with Crippen LogP contribution in [0.15, 0.2) is 65.7 Å². The smallest absolute Gasteiger partial charge is 0.264 e. The van der Waals surface area contributed by atoms with Crippen molar-refractivity contribution in [2.24, 2.45) is 5.92 Å². The fraction of sp³-hybridized carbons (Fsp3) is 0.429. The van der Waals surface area contributed by atoms with Crippen LogP contribution in [-0.4, -0.2) is 60.7 Å². The highest BCUT2D eigenvalue weighted by atomic mass is 79.9. The highest BCUT2D eigenvalue weighted by Crippen LogP contribution is 2.59. The highest BCUT2D eigenvalue weighted by molar-refractivity contribution is 9.10. The predicted molar refractivity (Wildman–Crippen MR) is 149 cm³/mol. The zero-order chi connectivity index (χ0) is 27.0. The number of aliphatic hydroxyl groups is 1. The maximum absolute atomic E-state index is 14.0. The van der Waals surface area contributed by atoms with Crippen LogP contribution < -0.4 is 4.90 Å². The first-order chi connectivity index (χ1) is 17.5. The van der Waals surface area contributed by atoms with Crippen LogP contribution in [0.4, 0.5) is 5.69 Å². The van der Waals surface area contributed by atoms with E-state index < -0.39 is 20.0 Å². The Bertz CT molecular complexity index is 1170. The number of ether oxygens (including phenoxy) is 1. The molecule has 2 aliphatic rings. The van der Waals surface area contributed by atoms with E-state index in [9.17, 15) is 19.5 Å². The van der Waals surface area contributed by atoms with Crippen LogP contribution in [0.2, 0.25) is 18.6 Å². The molecule has 7 nitrogen and oxygen atoms in total. The minimum absolute atomic E-state index is 0.0126. The molecular weight excluding hydrogens is 552 g/mol. The summed E-state index contributed by atoms with van der Waals surface area (Å²) in [5.41, 5.74) is 0.805. The van der Waals surface area contributed by atoms with Gasteiger partial charge in [-0.05, 0) is 36.9 Å². The molecule has 0 saturated carbocycles. The lowest BCUT2D eigenvalue weighted by Crippen LogP contribution is -2.46. The molecule has 4 atom stereocenters. The van der Waals surface area contributed by atoms with Crippen LogP contribution in [0.25, 0.3) is 0 Å². The summed E-state index contributed by atoms with van der Waals surface area (Å²) in [5, 5.41) is 9.64. The van der Waals surface area contributed by atoms with E-state index in [0.717, 1.165) is 21.3 Å². The summed E-state index contributed by atoms with van der Waals surface area (Å²) in [6.45, 7) is 10.2. The minimum atomic E-state index is -2.89. The number of halogens is 1. The third kappa shape index (κ3) is 5.07. The third-order valence-electron chi connectivity index (χ3n) is 7.57. The number of aliphatic hydroxyl groups excluding tert-OH is 1. The molecule has 2 amide bonds. The van der Waals surface area contributed by atoms with Gasteiger partial charge < -0.3 is 24.4 Å². The van der Waals surface area contributed by atoms with Crippen molar-refractivity contribution in [2.45, 2.75) is 50.2 Å². The molecule has 0 aromatic heterocycles. The van der Waals surface area contributed by atoms with E-state index in [1.54, 1.807) is 15.9 Å². The summed E-state index contributed by atoms with van der Waals surface area (Å²) >= 11 is 3.54. The van der Waals surface area contributed by atoms with Crippen molar-refractivity contribution in [1.82, 2.24) is 4.90 Å². The second-order valence-electron chi connectivity index (χ2n) is 10.5. The van der Waals surface area contributed by atoms with E-state index in [1.165, 1.54) is 0 Å². The van der Waals surface area contributed by atoms with Crippen LogP contribution in [0.5, 0.6) is 0 Å². The fourth-order valence-electron chi connectivity index (χ4n) is 6.08. The molecular formula is C28H35BrN2O5Si. The average Bonchev–Trinajstić information content (AvgIpc) is 3.26. The normalized spacial score (nSPS) is 25.0. The number of carbonyl (C=O) groups excluding carboxylic acids is 2. The molecule has 2 aromatic carbocycles. The molecule has 2 N–H and O–H groups in total. The fourth-order valence-corrected chi connectivity index (χ4v) is 8.99. The molecule has 2 aliphatic heterocycles. The number of rotatable bonds is 9. The zero-order valence-corrected chi connectivity index (χ0v) is 24.1. The number of amides is 2. The van der Waals surface area contributed by atoms with Crippen LogP contribution in [0.1, 0.15) is 24.5 Å². The first-order valence-corrected chi connectivity index (χ1v) is 16.4. The number of anilines is 1. The predicted octanol–water partition coefficient (Wildman–Crippen LogP) is 4.19. The van der Waals surface area contributed by atoms with Crippen molar-refractivity contribution in [1.29, 1.82) is 0 Å². The molecule has 0 aliphatic carbocycles. The molecule has 4 rings (SSSR count). The molecule has 2 heterocycles. The molecule has 1 spiro atoms. The van der Waals surface area contributed by atoms with E-state index in [0.29, 0.717) is 13.1 Å². The monoisotopic (exact) mass is 586 g/mol. The van der Waals surface area contributed by atoms with Gasteiger partial charge in [0.2, 0.25) is 5.91 Å². The lowest BCUT2D eigenvalue weighted by molar-refractivity contribution is -0.149. The number of nitrogens with zero attached hydrogens (tertiary/aromatic N) is 2. The van der Waals surface area contributed by atoms with Crippen molar-refractivity contribution in [3.8, 4) is 0 Å². The average molecular weight is 588 g/mol. The van der Waals surface area contributed by atoms with Crippen molar-refractivity contribution in [3.63, 3.8) is 0 Å². The topological polar surface area (TPSA) is 90.3 Å². The Morgan fingerprint density at radius 1 is 1.27 bits per heavy atom. The molecule has 0 radical (unpaired) electrons. The summed E-state index contributed by atoms with van der Waals surface area (Å²) in [6, 6.07) is 15.3. The van der Waals surface area contributed by atoms with Crippen LogP contribution >= 0.6 is 15.9 Å². The first kappa shape index (κ1) is 27.7. The van der Waals surface area contributed by atoms with Gasteiger partial charge in [-0.25, -0.2) is 0 Å². The highest BCUT2D eigenvalue weighted by Gasteiger charge is 2.66. The van der Waals surface area contributed by atoms with E-state index in [2.05, 4.69) is 22.5 Å². The van der Waals surface area contributed by atoms with Crippen molar-refractivity contribution >= 4 is 41.7 Å². The molecule has 1 saturated heterocycles. The van der Waals surface area contributed by atoms with Crippen LogP contribution in [0.3, 0.4) is 0 Å². The Morgan fingerprint density at radius 3 is 2.59 bits per heavy atom. The molecule has 9 heteroatoms. The molecule has 198 valence electrons. The van der Waals surface area contributed by atoms with Gasteiger partial charge in [-0.3, -0.25) is 9.59 Å². The zero-order valence-electron chi connectivity index (χ0n) is 21.6. The maximum Gasteiger partial charge on any atom is 0.264 e.